The smallest absolute Gasteiger partial charge is 0.416 e. The number of likely N-dealkylation sites (N-methyl/N-ethyl adjacent to an activating group) is 1. The molecule has 0 spiro atoms. The van der Waals surface area contributed by atoms with Gasteiger partial charge < -0.3 is 30.1 Å². The van der Waals surface area contributed by atoms with Crippen LogP contribution in [-0.2, 0) is 17.5 Å². The molecule has 1 aliphatic heterocycles. The number of hydrogen-bond acceptors (Lipinski definition) is 6. The second-order valence-electron chi connectivity index (χ2n) is 12.8. The van der Waals surface area contributed by atoms with Gasteiger partial charge in [-0.25, -0.2) is 4.79 Å². The summed E-state index contributed by atoms with van der Waals surface area (Å²) in [7, 11) is 1.89. The summed E-state index contributed by atoms with van der Waals surface area (Å²) in [6.45, 7) is 7.04. The molecular formula is C37H47F3N4O5. The second-order valence-corrected chi connectivity index (χ2v) is 12.8. The number of nitrogens with zero attached hydrogens (tertiary/aromatic N) is 2. The average molecular weight is 685 g/mol. The van der Waals surface area contributed by atoms with E-state index >= 15 is 0 Å². The minimum Gasteiger partial charge on any atom is -0.490 e. The molecule has 3 aromatic rings. The number of ether oxygens (including phenoxy) is 2. The van der Waals surface area contributed by atoms with Crippen molar-refractivity contribution in [1.82, 2.24) is 9.80 Å². The summed E-state index contributed by atoms with van der Waals surface area (Å²) >= 11 is 0. The molecule has 0 bridgehead atoms. The fourth-order valence-corrected chi connectivity index (χ4v) is 5.76. The van der Waals surface area contributed by atoms with E-state index in [9.17, 15) is 27.9 Å². The number of carbonyl (C=O) groups excluding carboxylic acids is 2. The van der Waals surface area contributed by atoms with Crippen LogP contribution in [0.15, 0.2) is 72.8 Å². The van der Waals surface area contributed by atoms with E-state index in [1.165, 1.54) is 12.1 Å². The molecule has 0 saturated carbocycles. The lowest BCUT2D eigenvalue weighted by molar-refractivity contribution is -0.137. The predicted molar refractivity (Wildman–Crippen MR) is 184 cm³/mol. The summed E-state index contributed by atoms with van der Waals surface area (Å²) in [5.74, 6) is -0.163. The van der Waals surface area contributed by atoms with E-state index in [-0.39, 0.29) is 42.7 Å². The lowest BCUT2D eigenvalue weighted by Crippen LogP contribution is -2.47. The number of halogens is 3. The average Bonchev–Trinajstić information content (AvgIpc) is 3.06. The molecule has 0 unspecified atom stereocenters. The van der Waals surface area contributed by atoms with Crippen LogP contribution in [-0.4, -0.2) is 78.4 Å². The standard InChI is InChI=1S/C37H47F3N4O5/c1-25-21-44(26(2)24-45)35(46)32-20-31(42-36(47)41-30-11-6-5-7-12-30)17-18-33(32)49-27(3)10-8-9-19-48-34(25)23-43(4)22-28-13-15-29(16-14-28)37(38,39)40/h5-7,11-18,20,25-27,34,45H,8-10,19,21-24H2,1-4H3,(H2,41,42,47)/t25-,26+,27+,34-/m0/s1. The Kier molecular flexibility index (Phi) is 13.5. The van der Waals surface area contributed by atoms with Gasteiger partial charge in [0.1, 0.15) is 5.75 Å². The Morgan fingerprint density at radius 2 is 1.71 bits per heavy atom. The highest BCUT2D eigenvalue weighted by molar-refractivity contribution is 6.02. The Labute approximate surface area is 286 Å². The number of hydrogen-bond donors (Lipinski definition) is 3. The second kappa shape index (κ2) is 17.5. The van der Waals surface area contributed by atoms with E-state index < -0.39 is 23.8 Å². The molecule has 49 heavy (non-hydrogen) atoms. The summed E-state index contributed by atoms with van der Waals surface area (Å²) in [5, 5.41) is 15.8. The first-order chi connectivity index (χ1) is 23.3. The number of amides is 3. The van der Waals surface area contributed by atoms with Crippen LogP contribution >= 0.6 is 0 Å². The molecule has 3 N–H and O–H groups in total. The number of carbonyl (C=O) groups is 2. The topological polar surface area (TPSA) is 103 Å². The summed E-state index contributed by atoms with van der Waals surface area (Å²) in [6.07, 6.45) is -2.56. The van der Waals surface area contributed by atoms with Crippen molar-refractivity contribution in [2.75, 3.05) is 44.0 Å². The molecule has 4 atom stereocenters. The van der Waals surface area contributed by atoms with Crippen molar-refractivity contribution in [2.45, 2.75) is 71.0 Å². The molecule has 0 fully saturated rings. The van der Waals surface area contributed by atoms with Crippen molar-refractivity contribution in [2.24, 2.45) is 5.92 Å². The highest BCUT2D eigenvalue weighted by atomic mass is 19.4. The number of benzene rings is 3. The molecule has 3 amide bonds. The van der Waals surface area contributed by atoms with Gasteiger partial charge in [-0.2, -0.15) is 13.2 Å². The number of fused-ring (bicyclic) bond motifs is 1. The fourth-order valence-electron chi connectivity index (χ4n) is 5.76. The number of nitrogens with one attached hydrogen (secondary N) is 2. The van der Waals surface area contributed by atoms with Crippen LogP contribution in [0.3, 0.4) is 0 Å². The van der Waals surface area contributed by atoms with Crippen molar-refractivity contribution in [1.29, 1.82) is 0 Å². The molecule has 1 aliphatic rings. The van der Waals surface area contributed by atoms with E-state index in [0.29, 0.717) is 36.8 Å². The van der Waals surface area contributed by atoms with E-state index in [2.05, 4.69) is 10.6 Å². The Bertz CT molecular complexity index is 1510. The van der Waals surface area contributed by atoms with Gasteiger partial charge in [0.2, 0.25) is 0 Å². The molecule has 1 heterocycles. The molecule has 9 nitrogen and oxygen atoms in total. The third kappa shape index (κ3) is 11.2. The number of para-hydroxylation sites is 1. The Morgan fingerprint density at radius 1 is 1.02 bits per heavy atom. The summed E-state index contributed by atoms with van der Waals surface area (Å²) in [6, 6.07) is 18.1. The first-order valence-electron chi connectivity index (χ1n) is 16.7. The molecule has 12 heteroatoms. The summed E-state index contributed by atoms with van der Waals surface area (Å²) in [4.78, 5) is 30.7. The SMILES string of the molecule is C[C@@H]1CCCCO[C@@H](CN(C)Cc2ccc(C(F)(F)F)cc2)[C@@H](C)CN([C@H](C)CO)C(=O)c2cc(NC(=O)Nc3ccccc3)ccc2O1. The largest absolute Gasteiger partial charge is 0.490 e. The number of alkyl halides is 3. The highest BCUT2D eigenvalue weighted by Gasteiger charge is 2.32. The molecule has 266 valence electrons. The lowest BCUT2D eigenvalue weighted by atomic mass is 10.0. The van der Waals surface area contributed by atoms with Crippen molar-refractivity contribution in [3.8, 4) is 5.75 Å². The Balaban J connectivity index is 1.56. The zero-order valence-electron chi connectivity index (χ0n) is 28.5. The molecule has 4 rings (SSSR count). The summed E-state index contributed by atoms with van der Waals surface area (Å²) in [5.41, 5.74) is 1.32. The Hall–Kier alpha value is -4.13. The van der Waals surface area contributed by atoms with Gasteiger partial charge in [-0.3, -0.25) is 9.69 Å². The van der Waals surface area contributed by atoms with Gasteiger partial charge in [0, 0.05) is 43.5 Å². The lowest BCUT2D eigenvalue weighted by Gasteiger charge is -2.36. The first-order valence-corrected chi connectivity index (χ1v) is 16.7. The van der Waals surface area contributed by atoms with Crippen molar-refractivity contribution in [3.63, 3.8) is 0 Å². The van der Waals surface area contributed by atoms with Crippen molar-refractivity contribution >= 4 is 23.3 Å². The van der Waals surface area contributed by atoms with Crippen molar-refractivity contribution < 1.29 is 37.3 Å². The van der Waals surface area contributed by atoms with Crippen LogP contribution in [0.1, 0.15) is 61.5 Å². The Morgan fingerprint density at radius 3 is 2.39 bits per heavy atom. The van der Waals surface area contributed by atoms with Crippen LogP contribution in [0.4, 0.5) is 29.3 Å². The maximum absolute atomic E-state index is 14.3. The van der Waals surface area contributed by atoms with Gasteiger partial charge in [0.15, 0.2) is 0 Å². The van der Waals surface area contributed by atoms with Crippen LogP contribution in [0.2, 0.25) is 0 Å². The van der Waals surface area contributed by atoms with Crippen LogP contribution < -0.4 is 15.4 Å². The zero-order chi connectivity index (χ0) is 35.6. The van der Waals surface area contributed by atoms with Crippen LogP contribution in [0.25, 0.3) is 0 Å². The molecule has 0 aliphatic carbocycles. The van der Waals surface area contributed by atoms with E-state index in [1.807, 2.05) is 44.0 Å². The van der Waals surface area contributed by atoms with E-state index in [1.54, 1.807) is 42.2 Å². The van der Waals surface area contributed by atoms with Gasteiger partial charge >= 0.3 is 12.2 Å². The quantitative estimate of drug-likeness (QED) is 0.231. The normalized spacial score (nSPS) is 20.1. The third-order valence-corrected chi connectivity index (χ3v) is 8.57. The predicted octanol–water partition coefficient (Wildman–Crippen LogP) is 7.28. The maximum Gasteiger partial charge on any atom is 0.416 e. The number of rotatable bonds is 8. The van der Waals surface area contributed by atoms with Gasteiger partial charge in [-0.1, -0.05) is 37.3 Å². The zero-order valence-corrected chi connectivity index (χ0v) is 28.5. The van der Waals surface area contributed by atoms with E-state index in [0.717, 1.165) is 37.0 Å². The number of anilines is 2. The fraction of sp³-hybridized carbons (Fsp3) is 0.459. The van der Waals surface area contributed by atoms with Gasteiger partial charge in [0.05, 0.1) is 36.0 Å². The third-order valence-electron chi connectivity index (χ3n) is 8.57. The molecule has 0 saturated heterocycles. The first kappa shape index (κ1) is 37.7. The molecule has 0 aromatic heterocycles. The van der Waals surface area contributed by atoms with Gasteiger partial charge in [0.25, 0.3) is 5.91 Å². The highest BCUT2D eigenvalue weighted by Crippen LogP contribution is 2.30. The molecule has 3 aromatic carbocycles. The van der Waals surface area contributed by atoms with Gasteiger partial charge in [-0.05, 0) is 88.2 Å². The monoisotopic (exact) mass is 684 g/mol. The van der Waals surface area contributed by atoms with Gasteiger partial charge in [-0.15, -0.1) is 0 Å². The minimum absolute atomic E-state index is 0.183. The number of aliphatic hydroxyl groups excluding tert-OH is 1. The van der Waals surface area contributed by atoms with E-state index in [4.69, 9.17) is 9.47 Å². The van der Waals surface area contributed by atoms with Crippen LogP contribution in [0.5, 0.6) is 5.75 Å². The van der Waals surface area contributed by atoms with Crippen molar-refractivity contribution in [3.05, 3.63) is 89.5 Å². The summed E-state index contributed by atoms with van der Waals surface area (Å²) < 4.78 is 51.8. The van der Waals surface area contributed by atoms with Crippen LogP contribution in [0, 0.1) is 5.92 Å². The molecular weight excluding hydrogens is 637 g/mol. The number of urea groups is 1. The number of aliphatic hydroxyl groups is 1. The maximum atomic E-state index is 14.3. The minimum atomic E-state index is -4.40. The molecule has 0 radical (unpaired) electrons.